The summed E-state index contributed by atoms with van der Waals surface area (Å²) in [6, 6.07) is 22.1. The van der Waals surface area contributed by atoms with Crippen LogP contribution in [0.1, 0.15) is 15.9 Å². The Kier molecular flexibility index (Phi) is 3.39. The van der Waals surface area contributed by atoms with E-state index in [2.05, 4.69) is 26.6 Å². The maximum absolute atomic E-state index is 13.5. The Morgan fingerprint density at radius 2 is 1.59 bits per heavy atom. The van der Waals surface area contributed by atoms with E-state index < -0.39 is 5.66 Å². The molecule has 2 N–H and O–H groups in total. The molecule has 2 amide bonds. The molecule has 0 aromatic heterocycles. The molecule has 132 valence electrons. The molecule has 0 radical (unpaired) electrons. The SMILES string of the molecule is O=C1c2ccccc2N[C@@]2(C(=O)Nc3ccc(Br)cc32)N1c1ccccc1. The molecule has 3 aromatic carbocycles. The number of hydrogen-bond acceptors (Lipinski definition) is 3. The van der Waals surface area contributed by atoms with Gasteiger partial charge in [0.2, 0.25) is 5.66 Å². The summed E-state index contributed by atoms with van der Waals surface area (Å²) >= 11 is 3.49. The van der Waals surface area contributed by atoms with E-state index in [4.69, 9.17) is 0 Å². The predicted molar refractivity (Wildman–Crippen MR) is 108 cm³/mol. The molecule has 0 bridgehead atoms. The molecule has 0 aliphatic carbocycles. The topological polar surface area (TPSA) is 61.4 Å². The highest BCUT2D eigenvalue weighted by Gasteiger charge is 2.57. The van der Waals surface area contributed by atoms with Gasteiger partial charge < -0.3 is 10.6 Å². The Bertz CT molecular complexity index is 1100. The van der Waals surface area contributed by atoms with Gasteiger partial charge >= 0.3 is 0 Å². The lowest BCUT2D eigenvalue weighted by molar-refractivity contribution is -0.119. The molecule has 1 spiro atoms. The molecule has 6 heteroatoms. The van der Waals surface area contributed by atoms with Crippen LogP contribution >= 0.6 is 15.9 Å². The second-order valence-corrected chi connectivity index (χ2v) is 7.42. The van der Waals surface area contributed by atoms with Crippen LogP contribution in [0.25, 0.3) is 0 Å². The zero-order valence-electron chi connectivity index (χ0n) is 14.1. The van der Waals surface area contributed by atoms with Crippen molar-refractivity contribution < 1.29 is 9.59 Å². The number of benzene rings is 3. The fraction of sp³-hybridized carbons (Fsp3) is 0.0476. The molecule has 1 atom stereocenters. The van der Waals surface area contributed by atoms with Gasteiger partial charge in [-0.3, -0.25) is 14.5 Å². The van der Waals surface area contributed by atoms with Crippen LogP contribution in [0.15, 0.2) is 77.3 Å². The van der Waals surface area contributed by atoms with Gasteiger partial charge in [-0.1, -0.05) is 46.3 Å². The molecular formula is C21H14BrN3O2. The summed E-state index contributed by atoms with van der Waals surface area (Å²) in [5.74, 6) is -0.513. The highest BCUT2D eigenvalue weighted by molar-refractivity contribution is 9.10. The molecule has 0 unspecified atom stereocenters. The van der Waals surface area contributed by atoms with Gasteiger partial charge in [0.15, 0.2) is 0 Å². The number of carbonyl (C=O) groups is 2. The Morgan fingerprint density at radius 1 is 0.852 bits per heavy atom. The average Bonchev–Trinajstić information content (AvgIpc) is 2.94. The van der Waals surface area contributed by atoms with Crippen molar-refractivity contribution >= 4 is 44.8 Å². The summed E-state index contributed by atoms with van der Waals surface area (Å²) in [6.45, 7) is 0. The fourth-order valence-corrected chi connectivity index (χ4v) is 4.16. The first kappa shape index (κ1) is 16.1. The van der Waals surface area contributed by atoms with Gasteiger partial charge in [0.1, 0.15) is 0 Å². The largest absolute Gasteiger partial charge is 0.350 e. The highest BCUT2D eigenvalue weighted by atomic mass is 79.9. The van der Waals surface area contributed by atoms with Gasteiger partial charge in [-0.2, -0.15) is 0 Å². The van der Waals surface area contributed by atoms with Gasteiger partial charge in [-0.25, -0.2) is 0 Å². The second-order valence-electron chi connectivity index (χ2n) is 6.50. The van der Waals surface area contributed by atoms with Gasteiger partial charge in [0.05, 0.1) is 5.56 Å². The Balaban J connectivity index is 1.83. The monoisotopic (exact) mass is 419 g/mol. The van der Waals surface area contributed by atoms with Crippen molar-refractivity contribution in [3.05, 3.63) is 88.4 Å². The molecule has 2 aliphatic rings. The first-order valence-electron chi connectivity index (χ1n) is 8.49. The Morgan fingerprint density at radius 3 is 2.41 bits per heavy atom. The minimum atomic E-state index is -1.36. The molecule has 2 aliphatic heterocycles. The van der Waals surface area contributed by atoms with Crippen LogP contribution in [0, 0.1) is 0 Å². The Labute approximate surface area is 164 Å². The lowest BCUT2D eigenvalue weighted by Crippen LogP contribution is -2.61. The second kappa shape index (κ2) is 5.69. The third-order valence-corrected chi connectivity index (χ3v) is 5.47. The summed E-state index contributed by atoms with van der Waals surface area (Å²) in [5.41, 5.74) is 1.84. The minimum Gasteiger partial charge on any atom is -0.350 e. The summed E-state index contributed by atoms with van der Waals surface area (Å²) in [5, 5.41) is 6.28. The summed E-state index contributed by atoms with van der Waals surface area (Å²) in [4.78, 5) is 28.3. The van der Waals surface area contributed by atoms with Crippen molar-refractivity contribution in [1.82, 2.24) is 0 Å². The number of rotatable bonds is 1. The van der Waals surface area contributed by atoms with Crippen LogP contribution in [-0.2, 0) is 10.5 Å². The smallest absolute Gasteiger partial charge is 0.276 e. The molecule has 0 fully saturated rings. The van der Waals surface area contributed by atoms with E-state index in [9.17, 15) is 9.59 Å². The van der Waals surface area contributed by atoms with Crippen LogP contribution in [0.2, 0.25) is 0 Å². The number of hydrogen-bond donors (Lipinski definition) is 2. The maximum Gasteiger partial charge on any atom is 0.276 e. The van der Waals surface area contributed by atoms with Crippen molar-refractivity contribution in [3.63, 3.8) is 0 Å². The average molecular weight is 420 g/mol. The zero-order chi connectivity index (χ0) is 18.6. The molecule has 0 saturated heterocycles. The number of anilines is 3. The van der Waals surface area contributed by atoms with Crippen molar-refractivity contribution in [3.8, 4) is 0 Å². The first-order valence-corrected chi connectivity index (χ1v) is 9.29. The molecule has 27 heavy (non-hydrogen) atoms. The number of fused-ring (bicyclic) bond motifs is 3. The summed E-state index contributed by atoms with van der Waals surface area (Å²) < 4.78 is 0.832. The maximum atomic E-state index is 13.5. The lowest BCUT2D eigenvalue weighted by Gasteiger charge is -2.44. The van der Waals surface area contributed by atoms with Crippen molar-refractivity contribution in [2.24, 2.45) is 0 Å². The Hall–Kier alpha value is -3.12. The number of nitrogens with one attached hydrogen (secondary N) is 2. The van der Waals surface area contributed by atoms with Crippen LogP contribution in [-0.4, -0.2) is 11.8 Å². The minimum absolute atomic E-state index is 0.224. The van der Waals surface area contributed by atoms with E-state index in [1.807, 2.05) is 66.7 Å². The highest BCUT2D eigenvalue weighted by Crippen LogP contribution is 2.47. The molecule has 2 heterocycles. The fourth-order valence-electron chi connectivity index (χ4n) is 3.80. The first-order chi connectivity index (χ1) is 13.1. The number of carbonyl (C=O) groups excluding carboxylic acids is 2. The van der Waals surface area contributed by atoms with Gasteiger partial charge in [0, 0.05) is 27.1 Å². The normalized spacial score (nSPS) is 20.1. The number of para-hydroxylation sites is 2. The van der Waals surface area contributed by atoms with E-state index in [1.54, 1.807) is 11.0 Å². The van der Waals surface area contributed by atoms with E-state index in [-0.39, 0.29) is 11.8 Å². The molecule has 5 rings (SSSR count). The van der Waals surface area contributed by atoms with Gasteiger partial charge in [-0.15, -0.1) is 0 Å². The van der Waals surface area contributed by atoms with E-state index >= 15 is 0 Å². The third kappa shape index (κ3) is 2.16. The number of nitrogens with zero attached hydrogens (tertiary/aromatic N) is 1. The summed E-state index contributed by atoms with van der Waals surface area (Å²) in [6.07, 6.45) is 0. The predicted octanol–water partition coefficient (Wildman–Crippen LogP) is 4.33. The van der Waals surface area contributed by atoms with Crippen LogP contribution in [0.3, 0.4) is 0 Å². The number of halogens is 1. The summed E-state index contributed by atoms with van der Waals surface area (Å²) in [7, 11) is 0. The molecular weight excluding hydrogens is 406 g/mol. The molecule has 5 nitrogen and oxygen atoms in total. The van der Waals surface area contributed by atoms with Crippen LogP contribution in [0.4, 0.5) is 17.1 Å². The van der Waals surface area contributed by atoms with Crippen molar-refractivity contribution in [2.45, 2.75) is 5.66 Å². The lowest BCUT2D eigenvalue weighted by atomic mass is 9.92. The van der Waals surface area contributed by atoms with Gasteiger partial charge in [0.25, 0.3) is 11.8 Å². The van der Waals surface area contributed by atoms with Crippen LogP contribution < -0.4 is 15.5 Å². The zero-order valence-corrected chi connectivity index (χ0v) is 15.7. The van der Waals surface area contributed by atoms with Crippen molar-refractivity contribution in [1.29, 1.82) is 0 Å². The van der Waals surface area contributed by atoms with Crippen molar-refractivity contribution in [2.75, 3.05) is 15.5 Å². The van der Waals surface area contributed by atoms with Gasteiger partial charge in [-0.05, 0) is 42.5 Å². The van der Waals surface area contributed by atoms with E-state index in [0.717, 1.165) is 4.47 Å². The molecule has 0 saturated carbocycles. The van der Waals surface area contributed by atoms with Crippen LogP contribution in [0.5, 0.6) is 0 Å². The van der Waals surface area contributed by atoms with E-state index in [0.29, 0.717) is 28.2 Å². The standard InChI is InChI=1S/C21H14BrN3O2/c22-13-10-11-18-16(12-13)21(20(27)23-18)24-17-9-5-4-8-15(17)19(26)25(21)14-6-2-1-3-7-14/h1-12,24H,(H,23,27)/t21-/m1/s1. The quantitative estimate of drug-likeness (QED) is 0.616. The number of amides is 2. The third-order valence-electron chi connectivity index (χ3n) is 4.97. The van der Waals surface area contributed by atoms with E-state index in [1.165, 1.54) is 0 Å². The molecule has 3 aromatic rings.